The summed E-state index contributed by atoms with van der Waals surface area (Å²) in [5, 5.41) is 23.4. The fourth-order valence-electron chi connectivity index (χ4n) is 2.29. The Kier molecular flexibility index (Phi) is 3.29. The number of hydrogen-bond donors (Lipinski definition) is 2. The zero-order valence-corrected chi connectivity index (χ0v) is 14.4. The van der Waals surface area contributed by atoms with Crippen LogP contribution in [0.25, 0.3) is 6.08 Å². The van der Waals surface area contributed by atoms with E-state index in [2.05, 4.69) is 20.6 Å². The first kappa shape index (κ1) is 10.9. The van der Waals surface area contributed by atoms with Crippen LogP contribution in [-0.2, 0) is 0 Å². The highest BCUT2D eigenvalue weighted by Crippen LogP contribution is 2.26. The van der Waals surface area contributed by atoms with Crippen molar-refractivity contribution in [2.45, 2.75) is 13.7 Å². The highest BCUT2D eigenvalue weighted by Gasteiger charge is 2.07. The first-order chi connectivity index (χ1) is 16.8. The maximum atomic E-state index is 9.03. The summed E-state index contributed by atoms with van der Waals surface area (Å²) >= 11 is 0. The minimum Gasteiger partial charge on any atom is -0.340 e. The van der Waals surface area contributed by atoms with Crippen molar-refractivity contribution in [3.8, 4) is 12.1 Å². The van der Waals surface area contributed by atoms with E-state index in [-0.39, 0.29) is 57.5 Å². The van der Waals surface area contributed by atoms with Gasteiger partial charge in [0.05, 0.1) is 20.4 Å². The summed E-state index contributed by atoms with van der Waals surface area (Å²) in [4.78, 5) is 8.30. The molecule has 3 rings (SSSR count). The van der Waals surface area contributed by atoms with Crippen LogP contribution in [0.2, 0.25) is 0 Å². The van der Waals surface area contributed by atoms with E-state index >= 15 is 0 Å². The first-order valence-electron chi connectivity index (χ1n) is 12.0. The number of nitriles is 2. The molecule has 0 fully saturated rings. The normalized spacial score (nSPS) is 15.4. The van der Waals surface area contributed by atoms with E-state index in [0.717, 1.165) is 6.08 Å². The van der Waals surface area contributed by atoms with Crippen LogP contribution in [0.3, 0.4) is 0 Å². The Labute approximate surface area is 175 Å². The Bertz CT molecular complexity index is 1360. The van der Waals surface area contributed by atoms with Crippen molar-refractivity contribution in [3.05, 3.63) is 76.9 Å². The SMILES string of the molecule is [2H]c1cc(Nc2nccc(Nc3c(C([2H])([2H])[2H])cc(/C=C/C#N)cc3C([2H])([2H])[2H])n2)cc([2H])c1C#N. The highest BCUT2D eigenvalue weighted by atomic mass is 15.1. The first-order valence-corrected chi connectivity index (χ1v) is 7.97. The predicted octanol–water partition coefficient (Wildman–Crippen LogP) is 4.99. The molecule has 6 nitrogen and oxygen atoms in total. The molecular weight excluding hydrogens is 348 g/mol. The largest absolute Gasteiger partial charge is 0.340 e. The van der Waals surface area contributed by atoms with E-state index in [0.29, 0.717) is 0 Å². The van der Waals surface area contributed by atoms with E-state index in [1.165, 1.54) is 42.6 Å². The molecule has 0 saturated carbocycles. The van der Waals surface area contributed by atoms with Gasteiger partial charge in [-0.3, -0.25) is 0 Å². The van der Waals surface area contributed by atoms with Crippen molar-refractivity contribution in [2.75, 3.05) is 10.6 Å². The number of allylic oxidation sites excluding steroid dienone is 1. The molecule has 0 aliphatic carbocycles. The maximum Gasteiger partial charge on any atom is 0.229 e. The van der Waals surface area contributed by atoms with Gasteiger partial charge in [-0.25, -0.2) is 4.98 Å². The van der Waals surface area contributed by atoms with Gasteiger partial charge in [0.25, 0.3) is 0 Å². The Balaban J connectivity index is 2.06. The smallest absolute Gasteiger partial charge is 0.229 e. The topological polar surface area (TPSA) is 97.4 Å². The van der Waals surface area contributed by atoms with Gasteiger partial charge in [-0.1, -0.05) is 0 Å². The number of hydrogen-bond acceptors (Lipinski definition) is 6. The molecule has 0 unspecified atom stereocenters. The number of aromatic nitrogens is 2. The molecule has 0 aliphatic heterocycles. The number of aryl methyl sites for hydroxylation is 2. The minimum atomic E-state index is -2.69. The quantitative estimate of drug-likeness (QED) is 0.611. The standard InChI is InChI=1S/C22H18N6/c1-15-12-18(4-3-10-23)13-16(2)21(15)27-20-9-11-25-22(28-20)26-19-7-5-17(14-24)6-8-19/h3-9,11-13H,1-2H3,(H2,25,26,27,28)/b4-3+/i1D3,2D3,5D,6D. The molecule has 6 heteroatoms. The van der Waals surface area contributed by atoms with E-state index in [1.807, 2.05) is 0 Å². The summed E-state index contributed by atoms with van der Waals surface area (Å²) in [7, 11) is 0. The Morgan fingerprint density at radius 1 is 1.11 bits per heavy atom. The summed E-state index contributed by atoms with van der Waals surface area (Å²) in [5.41, 5.74) is -0.282. The van der Waals surface area contributed by atoms with Crippen molar-refractivity contribution < 1.29 is 11.0 Å². The van der Waals surface area contributed by atoms with Crippen LogP contribution in [0.4, 0.5) is 23.1 Å². The molecule has 0 spiro atoms. The van der Waals surface area contributed by atoms with Gasteiger partial charge in [0.1, 0.15) is 5.82 Å². The Morgan fingerprint density at radius 2 is 1.86 bits per heavy atom. The van der Waals surface area contributed by atoms with Crippen molar-refractivity contribution >= 4 is 29.2 Å². The molecule has 1 aromatic heterocycles. The minimum absolute atomic E-state index is 0.0166. The van der Waals surface area contributed by atoms with Crippen molar-refractivity contribution in [3.63, 3.8) is 0 Å². The molecule has 0 atom stereocenters. The van der Waals surface area contributed by atoms with E-state index in [1.54, 1.807) is 12.1 Å². The second-order valence-corrected chi connectivity index (χ2v) is 5.49. The van der Waals surface area contributed by atoms with Crippen molar-refractivity contribution in [2.24, 2.45) is 0 Å². The molecule has 0 bridgehead atoms. The number of nitrogens with zero attached hydrogens (tertiary/aromatic N) is 4. The van der Waals surface area contributed by atoms with Gasteiger partial charge in [-0.15, -0.1) is 0 Å². The number of nitrogens with one attached hydrogen (secondary N) is 2. The third-order valence-corrected chi connectivity index (χ3v) is 3.53. The third kappa shape index (κ3) is 4.51. The fourth-order valence-corrected chi connectivity index (χ4v) is 2.29. The van der Waals surface area contributed by atoms with Crippen LogP contribution in [0.15, 0.2) is 54.7 Å². The predicted molar refractivity (Wildman–Crippen MR) is 110 cm³/mol. The second-order valence-electron chi connectivity index (χ2n) is 5.49. The molecule has 136 valence electrons. The van der Waals surface area contributed by atoms with Gasteiger partial charge in [0.2, 0.25) is 5.95 Å². The molecule has 0 saturated heterocycles. The van der Waals surface area contributed by atoms with E-state index < -0.39 is 13.7 Å². The van der Waals surface area contributed by atoms with Gasteiger partial charge in [-0.2, -0.15) is 15.5 Å². The molecular formula is C22H18N6. The lowest BCUT2D eigenvalue weighted by Gasteiger charge is -2.14. The third-order valence-electron chi connectivity index (χ3n) is 3.53. The lowest BCUT2D eigenvalue weighted by atomic mass is 10.0. The molecule has 0 radical (unpaired) electrons. The van der Waals surface area contributed by atoms with Gasteiger partial charge >= 0.3 is 0 Å². The average molecular weight is 374 g/mol. The number of benzene rings is 2. The monoisotopic (exact) mass is 374 g/mol. The molecule has 3 aromatic rings. The molecule has 0 amide bonds. The zero-order valence-electron chi connectivity index (χ0n) is 22.4. The van der Waals surface area contributed by atoms with Gasteiger partial charge in [-0.05, 0) is 78.9 Å². The fraction of sp³-hybridized carbons (Fsp3) is 0.0909. The summed E-state index contributed by atoms with van der Waals surface area (Å²) in [6.07, 6.45) is 3.78. The highest BCUT2D eigenvalue weighted by molar-refractivity contribution is 5.69. The summed E-state index contributed by atoms with van der Waals surface area (Å²) < 4.78 is 63.3. The maximum absolute atomic E-state index is 9.03. The van der Waals surface area contributed by atoms with Crippen molar-refractivity contribution in [1.29, 1.82) is 10.5 Å². The summed E-state index contributed by atoms with van der Waals surface area (Å²) in [6, 6.07) is 9.88. The van der Waals surface area contributed by atoms with Crippen LogP contribution >= 0.6 is 0 Å². The zero-order chi connectivity index (χ0) is 26.7. The van der Waals surface area contributed by atoms with E-state index in [9.17, 15) is 0 Å². The van der Waals surface area contributed by atoms with Crippen LogP contribution in [0.5, 0.6) is 0 Å². The lowest BCUT2D eigenvalue weighted by molar-refractivity contribution is 1.16. The van der Waals surface area contributed by atoms with E-state index in [4.69, 9.17) is 21.5 Å². The lowest BCUT2D eigenvalue weighted by Crippen LogP contribution is -2.02. The summed E-state index contributed by atoms with van der Waals surface area (Å²) in [5.74, 6) is 0.0950. The number of rotatable bonds is 5. The molecule has 0 aliphatic rings. The Morgan fingerprint density at radius 3 is 2.50 bits per heavy atom. The van der Waals surface area contributed by atoms with Crippen LogP contribution in [-0.4, -0.2) is 9.97 Å². The molecule has 2 N–H and O–H groups in total. The molecule has 28 heavy (non-hydrogen) atoms. The van der Waals surface area contributed by atoms with Crippen LogP contribution < -0.4 is 10.6 Å². The Hall–Kier alpha value is -4.16. The van der Waals surface area contributed by atoms with Crippen LogP contribution in [0.1, 0.15) is 33.2 Å². The van der Waals surface area contributed by atoms with Gasteiger partial charge in [0.15, 0.2) is 0 Å². The molecule has 1 heterocycles. The summed E-state index contributed by atoms with van der Waals surface area (Å²) in [6.45, 7) is -5.38. The van der Waals surface area contributed by atoms with Crippen LogP contribution in [0, 0.1) is 36.4 Å². The average Bonchev–Trinajstić information content (AvgIpc) is 2.76. The number of anilines is 4. The van der Waals surface area contributed by atoms with Crippen molar-refractivity contribution in [1.82, 2.24) is 9.97 Å². The van der Waals surface area contributed by atoms with Gasteiger partial charge < -0.3 is 10.6 Å². The van der Waals surface area contributed by atoms with Gasteiger partial charge in [0, 0.05) is 31.9 Å². The second kappa shape index (κ2) is 8.48. The molecule has 2 aromatic carbocycles.